The van der Waals surface area contributed by atoms with Crippen molar-refractivity contribution < 1.29 is 0 Å². The Kier molecular flexibility index (Phi) is 6.10. The summed E-state index contributed by atoms with van der Waals surface area (Å²) in [5, 5.41) is 0. The summed E-state index contributed by atoms with van der Waals surface area (Å²) in [6.45, 7) is 11.8. The summed E-state index contributed by atoms with van der Waals surface area (Å²) in [5.74, 6) is 1.81. The third-order valence-electron chi connectivity index (χ3n) is 5.14. The van der Waals surface area contributed by atoms with Crippen LogP contribution < -0.4 is 4.90 Å². The summed E-state index contributed by atoms with van der Waals surface area (Å²) in [6.07, 6.45) is 3.96. The molecule has 0 aliphatic carbocycles. The zero-order chi connectivity index (χ0) is 15.2. The summed E-state index contributed by atoms with van der Waals surface area (Å²) >= 11 is 0. The van der Waals surface area contributed by atoms with Gasteiger partial charge in [-0.05, 0) is 68.8 Å². The highest BCUT2D eigenvalue weighted by Gasteiger charge is 2.20. The predicted molar refractivity (Wildman–Crippen MR) is 93.1 cm³/mol. The second kappa shape index (κ2) is 7.84. The minimum absolute atomic E-state index is 0.857. The fourth-order valence-electron chi connectivity index (χ4n) is 3.23. The van der Waals surface area contributed by atoms with Crippen LogP contribution in [0.25, 0.3) is 0 Å². The Hall–Kier alpha value is -1.02. The third kappa shape index (κ3) is 4.74. The van der Waals surface area contributed by atoms with Crippen molar-refractivity contribution in [2.45, 2.75) is 40.0 Å². The standard InChI is InChI=1S/C19H32N2/c1-5-20(4)19-8-6-17(7-9-19)10-13-21-14-11-18(12-15-21)16(2)3/h6-9,16,18H,5,10-15H2,1-4H3. The van der Waals surface area contributed by atoms with Gasteiger partial charge in [-0.15, -0.1) is 0 Å². The number of likely N-dealkylation sites (tertiary alicyclic amines) is 1. The van der Waals surface area contributed by atoms with Gasteiger partial charge in [0.05, 0.1) is 0 Å². The maximum absolute atomic E-state index is 2.64. The zero-order valence-corrected chi connectivity index (χ0v) is 14.3. The Balaban J connectivity index is 1.76. The molecule has 2 heteroatoms. The number of piperidine rings is 1. The van der Waals surface area contributed by atoms with Crippen molar-refractivity contribution in [2.75, 3.05) is 38.1 Å². The summed E-state index contributed by atoms with van der Waals surface area (Å²) < 4.78 is 0. The molecule has 0 unspecified atom stereocenters. The lowest BCUT2D eigenvalue weighted by Gasteiger charge is -2.33. The van der Waals surface area contributed by atoms with E-state index in [0.717, 1.165) is 18.4 Å². The molecular formula is C19H32N2. The van der Waals surface area contributed by atoms with Crippen LogP contribution in [0.1, 0.15) is 39.2 Å². The van der Waals surface area contributed by atoms with Gasteiger partial charge < -0.3 is 9.80 Å². The zero-order valence-electron chi connectivity index (χ0n) is 14.3. The van der Waals surface area contributed by atoms with Crippen molar-refractivity contribution in [2.24, 2.45) is 11.8 Å². The quantitative estimate of drug-likeness (QED) is 0.779. The molecule has 2 nitrogen and oxygen atoms in total. The Morgan fingerprint density at radius 2 is 1.76 bits per heavy atom. The first kappa shape index (κ1) is 16.4. The molecule has 1 aromatic rings. The predicted octanol–water partition coefficient (Wildman–Crippen LogP) is 4.05. The van der Waals surface area contributed by atoms with E-state index in [0.29, 0.717) is 0 Å². The van der Waals surface area contributed by atoms with Gasteiger partial charge in [-0.3, -0.25) is 0 Å². The van der Waals surface area contributed by atoms with E-state index in [2.05, 4.69) is 61.9 Å². The summed E-state index contributed by atoms with van der Waals surface area (Å²) in [7, 11) is 2.15. The van der Waals surface area contributed by atoms with E-state index in [-0.39, 0.29) is 0 Å². The highest BCUT2D eigenvalue weighted by atomic mass is 15.1. The molecule has 0 aromatic heterocycles. The van der Waals surface area contributed by atoms with E-state index in [9.17, 15) is 0 Å². The van der Waals surface area contributed by atoms with Gasteiger partial charge in [0.2, 0.25) is 0 Å². The van der Waals surface area contributed by atoms with Crippen molar-refractivity contribution >= 4 is 5.69 Å². The van der Waals surface area contributed by atoms with Crippen LogP contribution >= 0.6 is 0 Å². The number of anilines is 1. The van der Waals surface area contributed by atoms with Crippen molar-refractivity contribution in [3.63, 3.8) is 0 Å². The van der Waals surface area contributed by atoms with Crippen LogP contribution in [-0.4, -0.2) is 38.1 Å². The Morgan fingerprint density at radius 3 is 2.29 bits per heavy atom. The molecular weight excluding hydrogens is 256 g/mol. The minimum Gasteiger partial charge on any atom is -0.375 e. The van der Waals surface area contributed by atoms with E-state index < -0.39 is 0 Å². The second-order valence-corrected chi connectivity index (χ2v) is 6.85. The van der Waals surface area contributed by atoms with Crippen molar-refractivity contribution in [1.82, 2.24) is 4.90 Å². The molecule has 1 heterocycles. The molecule has 2 rings (SSSR count). The van der Waals surface area contributed by atoms with E-state index in [1.165, 1.54) is 50.1 Å². The highest BCUT2D eigenvalue weighted by molar-refractivity contribution is 5.46. The molecule has 1 saturated heterocycles. The highest BCUT2D eigenvalue weighted by Crippen LogP contribution is 2.24. The molecule has 1 aliphatic rings. The summed E-state index contributed by atoms with van der Waals surface area (Å²) in [4.78, 5) is 4.92. The molecule has 0 amide bonds. The van der Waals surface area contributed by atoms with Crippen LogP contribution in [0.3, 0.4) is 0 Å². The van der Waals surface area contributed by atoms with Gasteiger partial charge in [-0.25, -0.2) is 0 Å². The molecule has 1 aliphatic heterocycles. The van der Waals surface area contributed by atoms with E-state index in [1.807, 2.05) is 0 Å². The van der Waals surface area contributed by atoms with Gasteiger partial charge >= 0.3 is 0 Å². The average molecular weight is 288 g/mol. The first-order valence-corrected chi connectivity index (χ1v) is 8.62. The summed E-state index contributed by atoms with van der Waals surface area (Å²) in [6, 6.07) is 9.10. The molecule has 0 radical (unpaired) electrons. The van der Waals surface area contributed by atoms with Crippen molar-refractivity contribution in [1.29, 1.82) is 0 Å². The maximum atomic E-state index is 2.64. The topological polar surface area (TPSA) is 6.48 Å². The molecule has 1 fully saturated rings. The molecule has 0 atom stereocenters. The lowest BCUT2D eigenvalue weighted by molar-refractivity contribution is 0.159. The van der Waals surface area contributed by atoms with Crippen LogP contribution in [0.4, 0.5) is 5.69 Å². The maximum Gasteiger partial charge on any atom is 0.0363 e. The minimum atomic E-state index is 0.857. The SMILES string of the molecule is CCN(C)c1ccc(CCN2CCC(C(C)C)CC2)cc1. The Labute approximate surface area is 131 Å². The van der Waals surface area contributed by atoms with E-state index in [4.69, 9.17) is 0 Å². The molecule has 0 spiro atoms. The van der Waals surface area contributed by atoms with Crippen LogP contribution in [0.2, 0.25) is 0 Å². The lowest BCUT2D eigenvalue weighted by atomic mass is 9.86. The van der Waals surface area contributed by atoms with Crippen LogP contribution in [-0.2, 0) is 6.42 Å². The first-order chi connectivity index (χ1) is 10.1. The molecule has 0 N–H and O–H groups in total. The number of benzene rings is 1. The number of hydrogen-bond donors (Lipinski definition) is 0. The monoisotopic (exact) mass is 288 g/mol. The number of nitrogens with zero attached hydrogens (tertiary/aromatic N) is 2. The Morgan fingerprint density at radius 1 is 1.14 bits per heavy atom. The first-order valence-electron chi connectivity index (χ1n) is 8.62. The second-order valence-electron chi connectivity index (χ2n) is 6.85. The molecule has 0 saturated carbocycles. The average Bonchev–Trinajstić information content (AvgIpc) is 2.53. The number of hydrogen-bond acceptors (Lipinski definition) is 2. The largest absolute Gasteiger partial charge is 0.375 e. The molecule has 21 heavy (non-hydrogen) atoms. The van der Waals surface area contributed by atoms with E-state index >= 15 is 0 Å². The van der Waals surface area contributed by atoms with Gasteiger partial charge in [0.25, 0.3) is 0 Å². The third-order valence-corrected chi connectivity index (χ3v) is 5.14. The summed E-state index contributed by atoms with van der Waals surface area (Å²) in [5.41, 5.74) is 2.79. The number of rotatable bonds is 6. The van der Waals surface area contributed by atoms with Crippen LogP contribution in [0, 0.1) is 11.8 Å². The van der Waals surface area contributed by atoms with Gasteiger partial charge in [0.15, 0.2) is 0 Å². The smallest absolute Gasteiger partial charge is 0.0363 e. The van der Waals surface area contributed by atoms with Gasteiger partial charge in [0.1, 0.15) is 0 Å². The lowest BCUT2D eigenvalue weighted by Crippen LogP contribution is -2.36. The molecule has 118 valence electrons. The van der Waals surface area contributed by atoms with Crippen LogP contribution in [0.5, 0.6) is 0 Å². The van der Waals surface area contributed by atoms with Crippen LogP contribution in [0.15, 0.2) is 24.3 Å². The fourth-order valence-corrected chi connectivity index (χ4v) is 3.23. The van der Waals surface area contributed by atoms with E-state index in [1.54, 1.807) is 0 Å². The van der Waals surface area contributed by atoms with Gasteiger partial charge in [-0.2, -0.15) is 0 Å². The molecule has 1 aromatic carbocycles. The molecule has 0 bridgehead atoms. The van der Waals surface area contributed by atoms with Crippen molar-refractivity contribution in [3.05, 3.63) is 29.8 Å². The van der Waals surface area contributed by atoms with Crippen molar-refractivity contribution in [3.8, 4) is 0 Å². The van der Waals surface area contributed by atoms with Gasteiger partial charge in [0, 0.05) is 25.8 Å². The van der Waals surface area contributed by atoms with Gasteiger partial charge in [-0.1, -0.05) is 26.0 Å². The fraction of sp³-hybridized carbons (Fsp3) is 0.684. The normalized spacial score (nSPS) is 17.4. The Bertz CT molecular complexity index is 402.